The summed E-state index contributed by atoms with van der Waals surface area (Å²) in [5.41, 5.74) is -2.20. The number of rotatable bonds is 1. The van der Waals surface area contributed by atoms with E-state index in [2.05, 4.69) is 10.2 Å². The molecule has 0 fully saturated rings. The summed E-state index contributed by atoms with van der Waals surface area (Å²) in [7, 11) is 0. The van der Waals surface area contributed by atoms with Gasteiger partial charge in [0.05, 0.1) is 23.5 Å². The van der Waals surface area contributed by atoms with Crippen LogP contribution >= 0.6 is 0 Å². The van der Waals surface area contributed by atoms with Crippen molar-refractivity contribution >= 4 is 5.97 Å². The van der Waals surface area contributed by atoms with Gasteiger partial charge in [0.2, 0.25) is 0 Å². The Kier molecular flexibility index (Phi) is 2.18. The van der Waals surface area contributed by atoms with Crippen molar-refractivity contribution in [3.05, 3.63) is 23.5 Å². The molecule has 1 aromatic heterocycles. The fraction of sp³-hybridized carbons (Fsp3) is 0.167. The van der Waals surface area contributed by atoms with Gasteiger partial charge < -0.3 is 5.11 Å². The first kappa shape index (κ1) is 9.43. The minimum atomic E-state index is -4.72. The van der Waals surface area contributed by atoms with Crippen LogP contribution in [-0.2, 0) is 6.18 Å². The predicted molar refractivity (Wildman–Crippen MR) is 34.0 cm³/mol. The molecular weight excluding hydrogens is 189 g/mol. The lowest BCUT2D eigenvalue weighted by Gasteiger charge is -2.07. The van der Waals surface area contributed by atoms with Gasteiger partial charge in [0.1, 0.15) is 0 Å². The van der Waals surface area contributed by atoms with E-state index < -0.39 is 23.3 Å². The normalized spacial score (nSPS) is 11.3. The van der Waals surface area contributed by atoms with Crippen LogP contribution in [0.2, 0.25) is 0 Å². The van der Waals surface area contributed by atoms with Gasteiger partial charge in [-0.05, 0) is 0 Å². The van der Waals surface area contributed by atoms with Gasteiger partial charge in [-0.25, -0.2) is 4.79 Å². The lowest BCUT2D eigenvalue weighted by atomic mass is 10.2. The fourth-order valence-corrected chi connectivity index (χ4v) is 0.718. The molecule has 0 amide bonds. The molecule has 0 saturated heterocycles. The Morgan fingerprint density at radius 1 is 1.31 bits per heavy atom. The van der Waals surface area contributed by atoms with Crippen LogP contribution in [0, 0.1) is 0 Å². The fourth-order valence-electron chi connectivity index (χ4n) is 0.718. The molecule has 0 aliphatic carbocycles. The van der Waals surface area contributed by atoms with Crippen molar-refractivity contribution in [1.29, 1.82) is 0 Å². The first-order valence-electron chi connectivity index (χ1n) is 3.04. The Balaban J connectivity index is 3.28. The summed E-state index contributed by atoms with van der Waals surface area (Å²) in [6.45, 7) is 0. The lowest BCUT2D eigenvalue weighted by Crippen LogP contribution is -2.13. The van der Waals surface area contributed by atoms with Crippen molar-refractivity contribution < 1.29 is 23.1 Å². The molecule has 1 rings (SSSR count). The highest BCUT2D eigenvalue weighted by Gasteiger charge is 2.35. The quantitative estimate of drug-likeness (QED) is 0.725. The van der Waals surface area contributed by atoms with Crippen LogP contribution in [-0.4, -0.2) is 21.3 Å². The Bertz CT molecular complexity index is 337. The van der Waals surface area contributed by atoms with Crippen molar-refractivity contribution in [3.63, 3.8) is 0 Å². The number of carbonyl (C=O) groups is 1. The number of carboxylic acids is 1. The summed E-state index contributed by atoms with van der Waals surface area (Å²) in [6, 6.07) is 0. The Hall–Kier alpha value is -1.66. The molecule has 0 radical (unpaired) electrons. The summed E-state index contributed by atoms with van der Waals surface area (Å²) in [5, 5.41) is 14.4. The van der Waals surface area contributed by atoms with Crippen LogP contribution in [0.15, 0.2) is 12.4 Å². The maximum atomic E-state index is 12.1. The first-order valence-corrected chi connectivity index (χ1v) is 3.04. The number of hydrogen-bond acceptors (Lipinski definition) is 3. The zero-order chi connectivity index (χ0) is 10.1. The Morgan fingerprint density at radius 3 is 2.23 bits per heavy atom. The number of carboxylic acid groups (broad SMARTS) is 1. The van der Waals surface area contributed by atoms with Gasteiger partial charge in [-0.15, -0.1) is 0 Å². The van der Waals surface area contributed by atoms with Crippen molar-refractivity contribution in [1.82, 2.24) is 10.2 Å². The highest BCUT2D eigenvalue weighted by atomic mass is 19.4. The Labute approximate surface area is 70.0 Å². The van der Waals surface area contributed by atoms with Crippen molar-refractivity contribution in [2.75, 3.05) is 0 Å². The summed E-state index contributed by atoms with van der Waals surface area (Å²) in [6.07, 6.45) is -3.78. The summed E-state index contributed by atoms with van der Waals surface area (Å²) in [5.74, 6) is -1.68. The topological polar surface area (TPSA) is 63.1 Å². The smallest absolute Gasteiger partial charge is 0.418 e. The number of alkyl halides is 3. The van der Waals surface area contributed by atoms with Crippen LogP contribution in [0.25, 0.3) is 0 Å². The van der Waals surface area contributed by atoms with Gasteiger partial charge in [-0.2, -0.15) is 23.4 Å². The highest BCUT2D eigenvalue weighted by Crippen LogP contribution is 2.30. The molecule has 0 aliphatic rings. The summed E-state index contributed by atoms with van der Waals surface area (Å²) < 4.78 is 36.2. The second-order valence-electron chi connectivity index (χ2n) is 2.12. The van der Waals surface area contributed by atoms with Gasteiger partial charge in [0.15, 0.2) is 0 Å². The van der Waals surface area contributed by atoms with Crippen molar-refractivity contribution in [3.8, 4) is 0 Å². The van der Waals surface area contributed by atoms with Crippen LogP contribution in [0.1, 0.15) is 15.9 Å². The van der Waals surface area contributed by atoms with Crippen LogP contribution < -0.4 is 0 Å². The second kappa shape index (κ2) is 3.00. The third kappa shape index (κ3) is 1.92. The standard InChI is InChI=1S/C6H3F3N2O2/c7-6(8,9)4-2-11-10-1-3(4)5(12)13/h1-2H,(H,12,13). The number of halogens is 3. The average Bonchev–Trinajstić information content (AvgIpc) is 2.03. The number of aromatic carboxylic acids is 1. The SMILES string of the molecule is O=C(O)c1cnncc1C(F)(F)F. The summed E-state index contributed by atoms with van der Waals surface area (Å²) >= 11 is 0. The number of hydrogen-bond donors (Lipinski definition) is 1. The molecule has 0 bridgehead atoms. The van der Waals surface area contributed by atoms with Crippen molar-refractivity contribution in [2.45, 2.75) is 6.18 Å². The monoisotopic (exact) mass is 192 g/mol. The van der Waals surface area contributed by atoms with Crippen LogP contribution in [0.4, 0.5) is 13.2 Å². The molecule has 0 atom stereocenters. The molecule has 0 aliphatic heterocycles. The highest BCUT2D eigenvalue weighted by molar-refractivity contribution is 5.89. The first-order chi connectivity index (χ1) is 5.93. The van der Waals surface area contributed by atoms with Gasteiger partial charge in [-0.3, -0.25) is 0 Å². The molecule has 0 spiro atoms. The largest absolute Gasteiger partial charge is 0.478 e. The van der Waals surface area contributed by atoms with E-state index in [4.69, 9.17) is 5.11 Å². The van der Waals surface area contributed by atoms with E-state index in [0.29, 0.717) is 12.4 Å². The predicted octanol–water partition coefficient (Wildman–Crippen LogP) is 1.19. The second-order valence-corrected chi connectivity index (χ2v) is 2.12. The van der Waals surface area contributed by atoms with E-state index in [9.17, 15) is 18.0 Å². The minimum absolute atomic E-state index is 0.378. The molecule has 13 heavy (non-hydrogen) atoms. The third-order valence-corrected chi connectivity index (χ3v) is 1.27. The van der Waals surface area contributed by atoms with Gasteiger partial charge >= 0.3 is 12.1 Å². The van der Waals surface area contributed by atoms with E-state index in [1.807, 2.05) is 0 Å². The van der Waals surface area contributed by atoms with Gasteiger partial charge in [0, 0.05) is 0 Å². The van der Waals surface area contributed by atoms with E-state index in [1.54, 1.807) is 0 Å². The molecule has 70 valence electrons. The summed E-state index contributed by atoms with van der Waals surface area (Å²) in [4.78, 5) is 10.3. The van der Waals surface area contributed by atoms with Gasteiger partial charge in [0.25, 0.3) is 0 Å². The van der Waals surface area contributed by atoms with Crippen LogP contribution in [0.5, 0.6) is 0 Å². The van der Waals surface area contributed by atoms with Crippen molar-refractivity contribution in [2.24, 2.45) is 0 Å². The number of aromatic nitrogens is 2. The maximum Gasteiger partial charge on any atom is 0.418 e. The molecule has 0 aromatic carbocycles. The average molecular weight is 192 g/mol. The molecule has 1 heterocycles. The van der Waals surface area contributed by atoms with Crippen LogP contribution in [0.3, 0.4) is 0 Å². The van der Waals surface area contributed by atoms with E-state index in [-0.39, 0.29) is 0 Å². The molecule has 4 nitrogen and oxygen atoms in total. The Morgan fingerprint density at radius 2 is 1.85 bits per heavy atom. The zero-order valence-corrected chi connectivity index (χ0v) is 6.04. The lowest BCUT2D eigenvalue weighted by molar-refractivity contribution is -0.138. The number of nitrogens with zero attached hydrogens (tertiary/aromatic N) is 2. The minimum Gasteiger partial charge on any atom is -0.478 e. The van der Waals surface area contributed by atoms with E-state index in [1.165, 1.54) is 0 Å². The molecule has 7 heteroatoms. The van der Waals surface area contributed by atoms with E-state index in [0.717, 1.165) is 0 Å². The maximum absolute atomic E-state index is 12.1. The van der Waals surface area contributed by atoms with Gasteiger partial charge in [-0.1, -0.05) is 0 Å². The molecule has 1 N–H and O–H groups in total. The molecule has 1 aromatic rings. The zero-order valence-electron chi connectivity index (χ0n) is 6.04. The van der Waals surface area contributed by atoms with E-state index >= 15 is 0 Å². The molecule has 0 unspecified atom stereocenters. The molecular formula is C6H3F3N2O2. The third-order valence-electron chi connectivity index (χ3n) is 1.27. The molecule has 0 saturated carbocycles.